The number of rotatable bonds is 6. The lowest BCUT2D eigenvalue weighted by molar-refractivity contribution is 0.0808. The number of alkyl halides is 2. The van der Waals surface area contributed by atoms with Gasteiger partial charge in [0.1, 0.15) is 18.1 Å². The Morgan fingerprint density at radius 2 is 2.41 bits per heavy atom. The molecule has 1 heterocycles. The van der Waals surface area contributed by atoms with Gasteiger partial charge in [0, 0.05) is 23.7 Å². The zero-order valence-electron chi connectivity index (χ0n) is 12.4. The van der Waals surface area contributed by atoms with Crippen LogP contribution in [0, 0.1) is 5.41 Å². The lowest BCUT2D eigenvalue weighted by atomic mass is 9.86. The van der Waals surface area contributed by atoms with Crippen molar-refractivity contribution < 1.29 is 23.4 Å². The maximum Gasteiger partial charge on any atom is 0.272 e. The summed E-state index contributed by atoms with van der Waals surface area (Å²) in [6.07, 6.45) is 1.35. The van der Waals surface area contributed by atoms with Crippen molar-refractivity contribution in [3.63, 3.8) is 0 Å². The van der Waals surface area contributed by atoms with E-state index in [0.717, 1.165) is 19.3 Å². The molecule has 1 fully saturated rings. The Morgan fingerprint density at radius 1 is 1.64 bits per heavy atom. The van der Waals surface area contributed by atoms with Crippen molar-refractivity contribution in [2.24, 2.45) is 5.41 Å². The monoisotopic (exact) mass is 314 g/mol. The maximum atomic E-state index is 12.2. The number of amides is 1. The third kappa shape index (κ3) is 3.91. The van der Waals surface area contributed by atoms with Gasteiger partial charge in [-0.15, -0.1) is 0 Å². The van der Waals surface area contributed by atoms with Crippen molar-refractivity contribution in [3.05, 3.63) is 24.0 Å². The summed E-state index contributed by atoms with van der Waals surface area (Å²) in [4.78, 5) is 16.2. The van der Waals surface area contributed by atoms with Crippen LogP contribution < -0.4 is 10.1 Å². The number of nitrogens with one attached hydrogen (secondary N) is 1. The molecule has 0 aromatic carbocycles. The van der Waals surface area contributed by atoms with Gasteiger partial charge in [0.05, 0.1) is 6.61 Å². The number of aliphatic hydroxyl groups excluding tert-OH is 1. The first-order valence-corrected chi connectivity index (χ1v) is 7.23. The third-order valence-electron chi connectivity index (χ3n) is 4.09. The molecule has 0 bridgehead atoms. The van der Waals surface area contributed by atoms with Crippen LogP contribution in [-0.2, 0) is 0 Å². The van der Waals surface area contributed by atoms with E-state index in [1.807, 2.05) is 6.92 Å². The molecule has 2 unspecified atom stereocenters. The van der Waals surface area contributed by atoms with Crippen LogP contribution in [0.4, 0.5) is 8.78 Å². The molecule has 0 aliphatic heterocycles. The highest BCUT2D eigenvalue weighted by Crippen LogP contribution is 2.37. The second-order valence-electron chi connectivity index (χ2n) is 5.81. The standard InChI is InChI=1S/C15H20F2N2O3/c1-15(9-20)5-2-3-12(15)19-14(21)11-7-10(4-6-18-11)22-8-13(16)17/h4,6-7,12-13,20H,2-3,5,8-9H2,1H3,(H,19,21). The first kappa shape index (κ1) is 16.6. The molecule has 1 amide bonds. The Morgan fingerprint density at radius 3 is 3.09 bits per heavy atom. The Kier molecular flexibility index (Phi) is 5.28. The minimum absolute atomic E-state index is 0.00289. The minimum atomic E-state index is -2.57. The van der Waals surface area contributed by atoms with E-state index in [2.05, 4.69) is 10.3 Å². The summed E-state index contributed by atoms with van der Waals surface area (Å²) < 4.78 is 29.1. The van der Waals surface area contributed by atoms with Gasteiger partial charge < -0.3 is 15.2 Å². The average Bonchev–Trinajstić information content (AvgIpc) is 2.87. The number of carbonyl (C=O) groups excluding carboxylic acids is 1. The van der Waals surface area contributed by atoms with Gasteiger partial charge in [-0.2, -0.15) is 0 Å². The van der Waals surface area contributed by atoms with E-state index in [1.54, 1.807) is 0 Å². The second-order valence-corrected chi connectivity index (χ2v) is 5.81. The second kappa shape index (κ2) is 7.00. The first-order chi connectivity index (χ1) is 10.4. The molecule has 7 heteroatoms. The van der Waals surface area contributed by atoms with E-state index in [9.17, 15) is 18.7 Å². The van der Waals surface area contributed by atoms with Crippen LogP contribution in [0.3, 0.4) is 0 Å². The van der Waals surface area contributed by atoms with Gasteiger partial charge in [0.25, 0.3) is 12.3 Å². The normalized spacial score (nSPS) is 24.5. The number of pyridine rings is 1. The van der Waals surface area contributed by atoms with E-state index in [-0.39, 0.29) is 29.5 Å². The van der Waals surface area contributed by atoms with Gasteiger partial charge in [-0.3, -0.25) is 9.78 Å². The van der Waals surface area contributed by atoms with Crippen molar-refractivity contribution >= 4 is 5.91 Å². The van der Waals surface area contributed by atoms with Crippen LogP contribution in [0.5, 0.6) is 5.75 Å². The molecule has 1 saturated carbocycles. The Hall–Kier alpha value is -1.76. The number of halogens is 2. The van der Waals surface area contributed by atoms with Gasteiger partial charge >= 0.3 is 0 Å². The Labute approximate surface area is 127 Å². The van der Waals surface area contributed by atoms with Crippen molar-refractivity contribution in [3.8, 4) is 5.75 Å². The molecule has 0 saturated heterocycles. The molecular formula is C15H20F2N2O3. The fourth-order valence-corrected chi connectivity index (χ4v) is 2.68. The highest BCUT2D eigenvalue weighted by Gasteiger charge is 2.39. The number of nitrogens with zero attached hydrogens (tertiary/aromatic N) is 1. The van der Waals surface area contributed by atoms with E-state index < -0.39 is 18.9 Å². The number of hydrogen-bond donors (Lipinski definition) is 2. The smallest absolute Gasteiger partial charge is 0.272 e. The number of aliphatic hydroxyl groups is 1. The molecule has 2 atom stereocenters. The zero-order chi connectivity index (χ0) is 16.2. The van der Waals surface area contributed by atoms with Gasteiger partial charge in [-0.1, -0.05) is 13.3 Å². The summed E-state index contributed by atoms with van der Waals surface area (Å²) in [6.45, 7) is 1.21. The molecule has 122 valence electrons. The molecule has 1 aromatic heterocycles. The Bertz CT molecular complexity index is 527. The summed E-state index contributed by atoms with van der Waals surface area (Å²) in [5.74, 6) is -0.217. The molecule has 0 spiro atoms. The number of hydrogen-bond acceptors (Lipinski definition) is 4. The van der Waals surface area contributed by atoms with Crippen molar-refractivity contribution in [2.75, 3.05) is 13.2 Å². The summed E-state index contributed by atoms with van der Waals surface area (Å²) in [5.41, 5.74) is -0.224. The highest BCUT2D eigenvalue weighted by atomic mass is 19.3. The number of ether oxygens (including phenoxy) is 1. The summed E-state index contributed by atoms with van der Waals surface area (Å²) in [7, 11) is 0. The van der Waals surface area contributed by atoms with E-state index >= 15 is 0 Å². The van der Waals surface area contributed by atoms with Crippen LogP contribution in [0.2, 0.25) is 0 Å². The number of aromatic nitrogens is 1. The number of carbonyl (C=O) groups is 1. The molecule has 0 radical (unpaired) electrons. The minimum Gasteiger partial charge on any atom is -0.488 e. The molecule has 22 heavy (non-hydrogen) atoms. The fourth-order valence-electron chi connectivity index (χ4n) is 2.68. The molecule has 2 rings (SSSR count). The maximum absolute atomic E-state index is 12.2. The lowest BCUT2D eigenvalue weighted by Crippen LogP contribution is -2.45. The third-order valence-corrected chi connectivity index (χ3v) is 4.09. The topological polar surface area (TPSA) is 71.5 Å². The van der Waals surface area contributed by atoms with Gasteiger partial charge in [-0.25, -0.2) is 8.78 Å². The van der Waals surface area contributed by atoms with E-state index in [1.165, 1.54) is 18.3 Å². The molecule has 1 aromatic rings. The predicted molar refractivity (Wildman–Crippen MR) is 76.0 cm³/mol. The molecule has 5 nitrogen and oxygen atoms in total. The van der Waals surface area contributed by atoms with E-state index in [0.29, 0.717) is 0 Å². The molecule has 1 aliphatic rings. The van der Waals surface area contributed by atoms with Gasteiger partial charge in [0.2, 0.25) is 0 Å². The van der Waals surface area contributed by atoms with Crippen molar-refractivity contribution in [2.45, 2.75) is 38.7 Å². The van der Waals surface area contributed by atoms with Crippen LogP contribution in [-0.4, -0.2) is 41.7 Å². The average molecular weight is 314 g/mol. The van der Waals surface area contributed by atoms with Crippen LogP contribution in [0.15, 0.2) is 18.3 Å². The fraction of sp³-hybridized carbons (Fsp3) is 0.600. The first-order valence-electron chi connectivity index (χ1n) is 7.23. The largest absolute Gasteiger partial charge is 0.488 e. The summed E-state index contributed by atoms with van der Waals surface area (Å²) >= 11 is 0. The van der Waals surface area contributed by atoms with Crippen LogP contribution >= 0.6 is 0 Å². The van der Waals surface area contributed by atoms with E-state index in [4.69, 9.17) is 4.74 Å². The Balaban J connectivity index is 2.02. The van der Waals surface area contributed by atoms with Crippen LogP contribution in [0.25, 0.3) is 0 Å². The van der Waals surface area contributed by atoms with Crippen LogP contribution in [0.1, 0.15) is 36.7 Å². The SMILES string of the molecule is CC1(CO)CCCC1NC(=O)c1cc(OCC(F)F)ccn1. The zero-order valence-corrected chi connectivity index (χ0v) is 12.4. The summed E-state index contributed by atoms with van der Waals surface area (Å²) in [5, 5.41) is 12.4. The van der Waals surface area contributed by atoms with Gasteiger partial charge in [-0.05, 0) is 18.9 Å². The molecular weight excluding hydrogens is 294 g/mol. The highest BCUT2D eigenvalue weighted by molar-refractivity contribution is 5.92. The van der Waals surface area contributed by atoms with Crippen molar-refractivity contribution in [1.29, 1.82) is 0 Å². The predicted octanol–water partition coefficient (Wildman–Crippen LogP) is 2.01. The molecule has 2 N–H and O–H groups in total. The van der Waals surface area contributed by atoms with Crippen molar-refractivity contribution in [1.82, 2.24) is 10.3 Å². The quantitative estimate of drug-likeness (QED) is 0.842. The van der Waals surface area contributed by atoms with Gasteiger partial charge in [0.15, 0.2) is 0 Å². The summed E-state index contributed by atoms with van der Waals surface area (Å²) in [6, 6.07) is 2.63. The lowest BCUT2D eigenvalue weighted by Gasteiger charge is -2.29. The molecule has 1 aliphatic carbocycles.